The summed E-state index contributed by atoms with van der Waals surface area (Å²) in [4.78, 5) is 28.7. The lowest BCUT2D eigenvalue weighted by atomic mass is 10.0. The van der Waals surface area contributed by atoms with E-state index in [1.165, 1.54) is 6.20 Å². The number of halogens is 1. The molecule has 1 N–H and O–H groups in total. The molecule has 0 saturated heterocycles. The largest absolute Gasteiger partial charge is 0.462 e. The topological polar surface area (TPSA) is 81.4 Å². The van der Waals surface area contributed by atoms with Crippen LogP contribution in [0.4, 0.5) is 0 Å². The fraction of sp³-hybridized carbons (Fsp3) is 0.438. The number of rotatable bonds is 5. The quantitative estimate of drug-likeness (QED) is 0.668. The van der Waals surface area contributed by atoms with Crippen LogP contribution in [0.3, 0.4) is 0 Å². The highest BCUT2D eigenvalue weighted by molar-refractivity contribution is 6.29. The molecule has 2 aromatic rings. The Morgan fingerprint density at radius 3 is 2.70 bits per heavy atom. The molecular formula is C16H19ClN2O4. The number of pyridine rings is 2. The van der Waals surface area contributed by atoms with E-state index in [9.17, 15) is 14.7 Å². The fourth-order valence-electron chi connectivity index (χ4n) is 2.45. The van der Waals surface area contributed by atoms with Crippen molar-refractivity contribution in [2.24, 2.45) is 5.92 Å². The lowest BCUT2D eigenvalue weighted by Gasteiger charge is -2.24. The molecule has 2 heterocycles. The summed E-state index contributed by atoms with van der Waals surface area (Å²) < 4.78 is 6.63. The van der Waals surface area contributed by atoms with Crippen molar-refractivity contribution in [3.05, 3.63) is 39.3 Å². The molecule has 0 saturated carbocycles. The molecule has 0 aromatic carbocycles. The first-order valence-electron chi connectivity index (χ1n) is 7.40. The first kappa shape index (κ1) is 17.4. The van der Waals surface area contributed by atoms with Gasteiger partial charge in [-0.2, -0.15) is 0 Å². The summed E-state index contributed by atoms with van der Waals surface area (Å²) >= 11 is 5.89. The molecule has 0 bridgehead atoms. The zero-order valence-corrected chi connectivity index (χ0v) is 14.0. The third kappa shape index (κ3) is 3.38. The Hall–Kier alpha value is -1.92. The van der Waals surface area contributed by atoms with Crippen molar-refractivity contribution in [2.75, 3.05) is 13.2 Å². The summed E-state index contributed by atoms with van der Waals surface area (Å²) in [6.07, 6.45) is 1.43. The highest BCUT2D eigenvalue weighted by Crippen LogP contribution is 2.23. The van der Waals surface area contributed by atoms with Crippen LogP contribution >= 0.6 is 11.6 Å². The monoisotopic (exact) mass is 338 g/mol. The Morgan fingerprint density at radius 2 is 2.13 bits per heavy atom. The summed E-state index contributed by atoms with van der Waals surface area (Å²) in [7, 11) is 0. The van der Waals surface area contributed by atoms with E-state index in [1.807, 2.05) is 13.8 Å². The van der Waals surface area contributed by atoms with E-state index in [4.69, 9.17) is 16.3 Å². The van der Waals surface area contributed by atoms with Gasteiger partial charge in [0.15, 0.2) is 0 Å². The minimum Gasteiger partial charge on any atom is -0.462 e. The van der Waals surface area contributed by atoms with Gasteiger partial charge in [-0.1, -0.05) is 25.4 Å². The van der Waals surface area contributed by atoms with Crippen molar-refractivity contribution in [1.82, 2.24) is 9.55 Å². The standard InChI is InChI=1S/C16H19ClN2O4/c1-4-23-16(22)10-7-19(12(8-20)9(2)3)11-5-6-13(17)18-14(11)15(10)21/h5-7,9,12,20H,4,8H2,1-3H3/t12-/m1/s1. The molecule has 0 aliphatic heterocycles. The molecule has 0 radical (unpaired) electrons. The van der Waals surface area contributed by atoms with Crippen molar-refractivity contribution in [1.29, 1.82) is 0 Å². The Balaban J connectivity index is 2.82. The number of hydrogen-bond donors (Lipinski definition) is 1. The molecule has 1 atom stereocenters. The van der Waals surface area contributed by atoms with Crippen LogP contribution in [0.5, 0.6) is 0 Å². The molecule has 0 spiro atoms. The molecule has 7 heteroatoms. The number of carbonyl (C=O) groups is 1. The van der Waals surface area contributed by atoms with Crippen LogP contribution in [0, 0.1) is 5.92 Å². The van der Waals surface area contributed by atoms with Crippen LogP contribution in [0.1, 0.15) is 37.2 Å². The average molecular weight is 339 g/mol. The van der Waals surface area contributed by atoms with Crippen molar-refractivity contribution < 1.29 is 14.6 Å². The molecule has 6 nitrogen and oxygen atoms in total. The smallest absolute Gasteiger partial charge is 0.343 e. The SMILES string of the molecule is CCOC(=O)c1cn([C@H](CO)C(C)C)c2ccc(Cl)nc2c1=O. The molecule has 23 heavy (non-hydrogen) atoms. The molecule has 0 aliphatic rings. The lowest BCUT2D eigenvalue weighted by molar-refractivity contribution is 0.0523. The first-order valence-corrected chi connectivity index (χ1v) is 7.77. The highest BCUT2D eigenvalue weighted by Gasteiger charge is 2.22. The van der Waals surface area contributed by atoms with Gasteiger partial charge >= 0.3 is 5.97 Å². The van der Waals surface area contributed by atoms with Gasteiger partial charge in [0.05, 0.1) is 24.8 Å². The maximum atomic E-state index is 12.5. The predicted molar refractivity (Wildman–Crippen MR) is 87.9 cm³/mol. The number of carbonyl (C=O) groups excluding carboxylic acids is 1. The van der Waals surface area contributed by atoms with Gasteiger partial charge in [0.25, 0.3) is 0 Å². The van der Waals surface area contributed by atoms with E-state index in [2.05, 4.69) is 4.98 Å². The number of hydrogen-bond acceptors (Lipinski definition) is 5. The fourth-order valence-corrected chi connectivity index (χ4v) is 2.59. The third-order valence-corrected chi connectivity index (χ3v) is 3.87. The summed E-state index contributed by atoms with van der Waals surface area (Å²) in [5.74, 6) is -0.633. The van der Waals surface area contributed by atoms with Gasteiger partial charge < -0.3 is 14.4 Å². The van der Waals surface area contributed by atoms with E-state index in [0.717, 1.165) is 0 Å². The van der Waals surface area contributed by atoms with Gasteiger partial charge in [-0.05, 0) is 25.0 Å². The first-order chi connectivity index (χ1) is 10.9. The average Bonchev–Trinajstić information content (AvgIpc) is 2.50. The lowest BCUT2D eigenvalue weighted by Crippen LogP contribution is -2.26. The molecule has 2 rings (SSSR count). The summed E-state index contributed by atoms with van der Waals surface area (Å²) in [5, 5.41) is 9.86. The number of aliphatic hydroxyl groups excluding tert-OH is 1. The second-order valence-electron chi connectivity index (χ2n) is 5.50. The van der Waals surface area contributed by atoms with Crippen molar-refractivity contribution in [2.45, 2.75) is 26.8 Å². The number of fused-ring (bicyclic) bond motifs is 1. The van der Waals surface area contributed by atoms with Crippen molar-refractivity contribution in [3.8, 4) is 0 Å². The number of nitrogens with zero attached hydrogens (tertiary/aromatic N) is 2. The summed E-state index contributed by atoms with van der Waals surface area (Å²) in [6, 6.07) is 2.92. The normalized spacial score (nSPS) is 12.6. The van der Waals surface area contributed by atoms with Gasteiger partial charge in [0, 0.05) is 6.20 Å². The second kappa shape index (κ2) is 7.10. The predicted octanol–water partition coefficient (Wildman–Crippen LogP) is 2.42. The molecule has 0 unspecified atom stereocenters. The third-order valence-electron chi connectivity index (χ3n) is 3.66. The minimum atomic E-state index is -0.713. The van der Waals surface area contributed by atoms with E-state index in [0.29, 0.717) is 5.52 Å². The van der Waals surface area contributed by atoms with Crippen LogP contribution in [0.15, 0.2) is 23.1 Å². The van der Waals surface area contributed by atoms with Crippen LogP contribution in [0.25, 0.3) is 11.0 Å². The van der Waals surface area contributed by atoms with E-state index in [-0.39, 0.29) is 41.4 Å². The maximum Gasteiger partial charge on any atom is 0.343 e. The molecule has 2 aromatic heterocycles. The Bertz CT molecular complexity index is 785. The van der Waals surface area contributed by atoms with E-state index in [1.54, 1.807) is 23.6 Å². The van der Waals surface area contributed by atoms with E-state index >= 15 is 0 Å². The van der Waals surface area contributed by atoms with Gasteiger partial charge in [-0.25, -0.2) is 9.78 Å². The van der Waals surface area contributed by atoms with Crippen LogP contribution in [-0.4, -0.2) is 33.8 Å². The zero-order valence-electron chi connectivity index (χ0n) is 13.2. The number of aliphatic hydroxyl groups is 1. The highest BCUT2D eigenvalue weighted by atomic mass is 35.5. The Labute approximate surface area is 138 Å². The molecule has 124 valence electrons. The van der Waals surface area contributed by atoms with Crippen LogP contribution < -0.4 is 5.43 Å². The Morgan fingerprint density at radius 1 is 1.43 bits per heavy atom. The molecule has 0 aliphatic carbocycles. The molecular weight excluding hydrogens is 320 g/mol. The Kier molecular flexibility index (Phi) is 5.38. The number of ether oxygens (including phenoxy) is 1. The summed E-state index contributed by atoms with van der Waals surface area (Å²) in [6.45, 7) is 5.57. The number of aromatic nitrogens is 2. The second-order valence-corrected chi connectivity index (χ2v) is 5.88. The summed E-state index contributed by atoms with van der Waals surface area (Å²) in [5.41, 5.74) is -0.0479. The van der Waals surface area contributed by atoms with Gasteiger partial charge in [-0.3, -0.25) is 4.79 Å². The maximum absolute atomic E-state index is 12.5. The van der Waals surface area contributed by atoms with Crippen molar-refractivity contribution >= 4 is 28.6 Å². The van der Waals surface area contributed by atoms with E-state index < -0.39 is 11.4 Å². The number of esters is 1. The minimum absolute atomic E-state index is 0.0800. The molecule has 0 fully saturated rings. The van der Waals surface area contributed by atoms with Gasteiger partial charge in [0.1, 0.15) is 16.2 Å². The molecule has 0 amide bonds. The van der Waals surface area contributed by atoms with Crippen LogP contribution in [-0.2, 0) is 4.74 Å². The van der Waals surface area contributed by atoms with Gasteiger partial charge in [0.2, 0.25) is 5.43 Å². The van der Waals surface area contributed by atoms with Crippen LogP contribution in [0.2, 0.25) is 5.15 Å². The van der Waals surface area contributed by atoms with Crippen molar-refractivity contribution in [3.63, 3.8) is 0 Å². The zero-order chi connectivity index (χ0) is 17.1. The van der Waals surface area contributed by atoms with Gasteiger partial charge in [-0.15, -0.1) is 0 Å².